The second kappa shape index (κ2) is 8.23. The first-order valence-electron chi connectivity index (χ1n) is 10.4. The molecule has 5 rings (SSSR count). The summed E-state index contributed by atoms with van der Waals surface area (Å²) in [5, 5.41) is 13.0. The zero-order chi connectivity index (χ0) is 22.9. The number of hydrogen-bond acceptors (Lipinski definition) is 5. The fourth-order valence-electron chi connectivity index (χ4n) is 3.79. The first-order chi connectivity index (χ1) is 16.0. The van der Waals surface area contributed by atoms with Gasteiger partial charge in [0.05, 0.1) is 35.9 Å². The minimum atomic E-state index is -0.273. The summed E-state index contributed by atoms with van der Waals surface area (Å²) in [5.41, 5.74) is 4.91. The van der Waals surface area contributed by atoms with E-state index in [1.54, 1.807) is 28.9 Å². The van der Waals surface area contributed by atoms with Crippen LogP contribution in [0, 0.1) is 6.92 Å². The molecule has 0 spiro atoms. The van der Waals surface area contributed by atoms with Gasteiger partial charge in [-0.1, -0.05) is 18.2 Å². The molecule has 5 aromatic rings. The molecule has 0 radical (unpaired) electrons. The zero-order valence-electron chi connectivity index (χ0n) is 18.5. The molecule has 0 aliphatic heterocycles. The van der Waals surface area contributed by atoms with E-state index in [0.29, 0.717) is 16.9 Å². The van der Waals surface area contributed by atoms with Crippen molar-refractivity contribution in [3.05, 3.63) is 84.3 Å². The Kier molecular flexibility index (Phi) is 5.10. The second-order valence-corrected chi connectivity index (χ2v) is 7.66. The lowest BCUT2D eigenvalue weighted by Gasteiger charge is -2.06. The van der Waals surface area contributed by atoms with Crippen molar-refractivity contribution in [3.63, 3.8) is 0 Å². The standard InChI is InChI=1S/C25H22N6O2/c1-16-21-13-18(14-26-24(21)30(2)28-16)27-25(32)22-15-31(19-7-5-4-6-8-19)29-23(22)17-9-11-20(33-3)12-10-17/h4-15H,1-3H3,(H,27,32). The van der Waals surface area contributed by atoms with Gasteiger partial charge in [-0.3, -0.25) is 9.48 Å². The fraction of sp³-hybridized carbons (Fsp3) is 0.120. The molecule has 0 fully saturated rings. The second-order valence-electron chi connectivity index (χ2n) is 7.66. The number of fused-ring (bicyclic) bond motifs is 1. The lowest BCUT2D eigenvalue weighted by atomic mass is 10.1. The van der Waals surface area contributed by atoms with Crippen molar-refractivity contribution < 1.29 is 9.53 Å². The first-order valence-corrected chi connectivity index (χ1v) is 10.4. The number of nitrogens with one attached hydrogen (secondary N) is 1. The molecule has 8 heteroatoms. The van der Waals surface area contributed by atoms with E-state index in [1.807, 2.05) is 74.6 Å². The topological polar surface area (TPSA) is 86.9 Å². The third-order valence-electron chi connectivity index (χ3n) is 5.46. The highest BCUT2D eigenvalue weighted by Gasteiger charge is 2.20. The van der Waals surface area contributed by atoms with Crippen molar-refractivity contribution in [3.8, 4) is 22.7 Å². The Labute approximate surface area is 190 Å². The number of pyridine rings is 1. The Morgan fingerprint density at radius 2 is 1.79 bits per heavy atom. The minimum absolute atomic E-state index is 0.273. The molecule has 0 bridgehead atoms. The van der Waals surface area contributed by atoms with Gasteiger partial charge in [-0.2, -0.15) is 10.2 Å². The van der Waals surface area contributed by atoms with Gasteiger partial charge in [0.2, 0.25) is 0 Å². The summed E-state index contributed by atoms with van der Waals surface area (Å²) < 4.78 is 8.70. The van der Waals surface area contributed by atoms with Crippen molar-refractivity contribution in [1.82, 2.24) is 24.5 Å². The molecule has 1 N–H and O–H groups in total. The summed E-state index contributed by atoms with van der Waals surface area (Å²) >= 11 is 0. The lowest BCUT2D eigenvalue weighted by Crippen LogP contribution is -2.12. The van der Waals surface area contributed by atoms with Crippen LogP contribution in [0.2, 0.25) is 0 Å². The largest absolute Gasteiger partial charge is 0.497 e. The molecule has 0 aliphatic carbocycles. The van der Waals surface area contributed by atoms with E-state index in [1.165, 1.54) is 0 Å². The molecule has 2 aromatic carbocycles. The van der Waals surface area contributed by atoms with Gasteiger partial charge in [-0.05, 0) is 49.4 Å². The van der Waals surface area contributed by atoms with Crippen LogP contribution in [0.3, 0.4) is 0 Å². The van der Waals surface area contributed by atoms with E-state index in [-0.39, 0.29) is 5.91 Å². The van der Waals surface area contributed by atoms with Crippen LogP contribution in [0.5, 0.6) is 5.75 Å². The van der Waals surface area contributed by atoms with Crippen LogP contribution in [0.15, 0.2) is 73.1 Å². The van der Waals surface area contributed by atoms with Crippen molar-refractivity contribution in [2.24, 2.45) is 7.05 Å². The van der Waals surface area contributed by atoms with Gasteiger partial charge < -0.3 is 10.1 Å². The van der Waals surface area contributed by atoms with E-state index < -0.39 is 0 Å². The summed E-state index contributed by atoms with van der Waals surface area (Å²) in [6, 6.07) is 19.0. The molecule has 3 aromatic heterocycles. The minimum Gasteiger partial charge on any atom is -0.497 e. The van der Waals surface area contributed by atoms with Crippen LogP contribution in [0.1, 0.15) is 16.1 Å². The highest BCUT2D eigenvalue weighted by molar-refractivity contribution is 6.08. The molecule has 164 valence electrons. The fourth-order valence-corrected chi connectivity index (χ4v) is 3.79. The van der Waals surface area contributed by atoms with Gasteiger partial charge in [-0.15, -0.1) is 0 Å². The summed E-state index contributed by atoms with van der Waals surface area (Å²) in [7, 11) is 3.46. The number of carbonyl (C=O) groups is 1. The number of nitrogens with zero attached hydrogens (tertiary/aromatic N) is 5. The average Bonchev–Trinajstić information content (AvgIpc) is 3.41. The first kappa shape index (κ1) is 20.4. The highest BCUT2D eigenvalue weighted by atomic mass is 16.5. The highest BCUT2D eigenvalue weighted by Crippen LogP contribution is 2.27. The van der Waals surface area contributed by atoms with Crippen molar-refractivity contribution in [2.75, 3.05) is 12.4 Å². The number of hydrogen-bond donors (Lipinski definition) is 1. The molecule has 3 heterocycles. The Morgan fingerprint density at radius 3 is 2.52 bits per heavy atom. The molecule has 0 saturated heterocycles. The SMILES string of the molecule is COc1ccc(-c2nn(-c3ccccc3)cc2C(=O)Nc2cnc3c(c2)c(C)nn3C)cc1. The van der Waals surface area contributed by atoms with Crippen LogP contribution in [-0.2, 0) is 7.05 Å². The molecule has 1 amide bonds. The van der Waals surface area contributed by atoms with E-state index in [9.17, 15) is 4.79 Å². The molecule has 0 aliphatic rings. The maximum Gasteiger partial charge on any atom is 0.259 e. The van der Waals surface area contributed by atoms with E-state index in [4.69, 9.17) is 9.84 Å². The van der Waals surface area contributed by atoms with Crippen molar-refractivity contribution >= 4 is 22.6 Å². The number of methoxy groups -OCH3 is 1. The van der Waals surface area contributed by atoms with E-state index in [0.717, 1.165) is 33.7 Å². The predicted octanol–water partition coefficient (Wildman–Crippen LogP) is 4.39. The maximum absolute atomic E-state index is 13.4. The quantitative estimate of drug-likeness (QED) is 0.440. The van der Waals surface area contributed by atoms with Gasteiger partial charge >= 0.3 is 0 Å². The van der Waals surface area contributed by atoms with Crippen LogP contribution in [0.4, 0.5) is 5.69 Å². The van der Waals surface area contributed by atoms with Crippen molar-refractivity contribution in [1.29, 1.82) is 0 Å². The average molecular weight is 438 g/mol. The molecule has 0 unspecified atom stereocenters. The van der Waals surface area contributed by atoms with Gasteiger partial charge in [0.15, 0.2) is 5.65 Å². The Hall–Kier alpha value is -4.46. The maximum atomic E-state index is 13.4. The molecular weight excluding hydrogens is 416 g/mol. The number of ether oxygens (including phenoxy) is 1. The zero-order valence-corrected chi connectivity index (χ0v) is 18.5. The summed E-state index contributed by atoms with van der Waals surface area (Å²) in [6.07, 6.45) is 3.38. The summed E-state index contributed by atoms with van der Waals surface area (Å²) in [5.74, 6) is 0.462. The van der Waals surface area contributed by atoms with Gasteiger partial charge in [0.1, 0.15) is 11.4 Å². The van der Waals surface area contributed by atoms with E-state index >= 15 is 0 Å². The number of anilines is 1. The number of aromatic nitrogens is 5. The molecule has 33 heavy (non-hydrogen) atoms. The summed E-state index contributed by atoms with van der Waals surface area (Å²) in [6.45, 7) is 1.92. The van der Waals surface area contributed by atoms with E-state index in [2.05, 4.69) is 15.4 Å². The Bertz CT molecular complexity index is 1450. The van der Waals surface area contributed by atoms with Crippen LogP contribution >= 0.6 is 0 Å². The van der Waals surface area contributed by atoms with Crippen LogP contribution < -0.4 is 10.1 Å². The number of carbonyl (C=O) groups excluding carboxylic acids is 1. The van der Waals surface area contributed by atoms with Gasteiger partial charge in [-0.25, -0.2) is 9.67 Å². The number of benzene rings is 2. The predicted molar refractivity (Wildman–Crippen MR) is 127 cm³/mol. The van der Waals surface area contributed by atoms with Crippen LogP contribution in [-0.4, -0.2) is 37.6 Å². The molecule has 0 saturated carbocycles. The number of para-hydroxylation sites is 1. The lowest BCUT2D eigenvalue weighted by molar-refractivity contribution is 0.102. The molecule has 8 nitrogen and oxygen atoms in total. The normalized spacial score (nSPS) is 11.0. The number of amides is 1. The Morgan fingerprint density at radius 1 is 1.03 bits per heavy atom. The number of rotatable bonds is 5. The van der Waals surface area contributed by atoms with Gasteiger partial charge in [0.25, 0.3) is 5.91 Å². The van der Waals surface area contributed by atoms with Crippen molar-refractivity contribution in [2.45, 2.75) is 6.92 Å². The van der Waals surface area contributed by atoms with Crippen LogP contribution in [0.25, 0.3) is 28.0 Å². The third kappa shape index (κ3) is 3.82. The molecule has 0 atom stereocenters. The van der Waals surface area contributed by atoms with Gasteiger partial charge in [0, 0.05) is 24.2 Å². The smallest absolute Gasteiger partial charge is 0.259 e. The molecular formula is C25H22N6O2. The Balaban J connectivity index is 1.54. The number of aryl methyl sites for hydroxylation is 2. The monoisotopic (exact) mass is 438 g/mol. The third-order valence-corrected chi connectivity index (χ3v) is 5.46. The summed E-state index contributed by atoms with van der Waals surface area (Å²) in [4.78, 5) is 17.8.